The van der Waals surface area contributed by atoms with Crippen LogP contribution in [0.1, 0.15) is 85.2 Å². The number of piperidine rings is 1. The van der Waals surface area contributed by atoms with E-state index < -0.39 is 0 Å². The van der Waals surface area contributed by atoms with Crippen LogP contribution in [0.2, 0.25) is 0 Å². The molecule has 3 aromatic rings. The molecule has 1 aliphatic carbocycles. The molecule has 2 fully saturated rings. The lowest BCUT2D eigenvalue weighted by atomic mass is 9.76. The van der Waals surface area contributed by atoms with Crippen molar-refractivity contribution >= 4 is 17.6 Å². The molecule has 6 heteroatoms. The molecule has 1 spiro atoms. The highest BCUT2D eigenvalue weighted by molar-refractivity contribution is 5.95. The lowest BCUT2D eigenvalue weighted by molar-refractivity contribution is -0.146. The number of rotatable bonds is 8. The fourth-order valence-corrected chi connectivity index (χ4v) is 6.72. The van der Waals surface area contributed by atoms with Crippen molar-refractivity contribution in [2.45, 2.75) is 85.3 Å². The van der Waals surface area contributed by atoms with Crippen molar-refractivity contribution in [3.8, 4) is 11.1 Å². The van der Waals surface area contributed by atoms with Gasteiger partial charge in [0.15, 0.2) is 0 Å². The summed E-state index contributed by atoms with van der Waals surface area (Å²) in [5.41, 5.74) is 8.07. The molecule has 2 heterocycles. The quantitative estimate of drug-likeness (QED) is 0.306. The molecule has 0 unspecified atom stereocenters. The van der Waals surface area contributed by atoms with Crippen LogP contribution in [0.25, 0.3) is 11.1 Å². The van der Waals surface area contributed by atoms with E-state index in [2.05, 4.69) is 10.2 Å². The van der Waals surface area contributed by atoms with Crippen molar-refractivity contribution in [2.24, 2.45) is 5.41 Å². The van der Waals surface area contributed by atoms with Gasteiger partial charge in [-0.2, -0.15) is 0 Å². The summed E-state index contributed by atoms with van der Waals surface area (Å²) in [6.45, 7) is 10.2. The SMILES string of the molecule is Cc1nc(C)c(-c2ccc(C(=O)NCc3ccccc3)cc2)c(N2CCC3(CCCC3)CC2)c1CC(=O)OC(C)C. The second-order valence-electron chi connectivity index (χ2n) is 12.1. The van der Waals surface area contributed by atoms with E-state index in [9.17, 15) is 9.59 Å². The van der Waals surface area contributed by atoms with E-state index in [1.165, 1.54) is 38.5 Å². The second-order valence-corrected chi connectivity index (χ2v) is 12.1. The van der Waals surface area contributed by atoms with Crippen molar-refractivity contribution in [1.82, 2.24) is 10.3 Å². The average Bonchev–Trinajstić information content (AvgIpc) is 3.41. The van der Waals surface area contributed by atoms with E-state index in [-0.39, 0.29) is 24.4 Å². The molecule has 2 aromatic carbocycles. The number of aryl methyl sites for hydroxylation is 2. The maximum atomic E-state index is 12.9. The average molecular weight is 554 g/mol. The predicted octanol–water partition coefficient (Wildman–Crippen LogP) is 6.95. The van der Waals surface area contributed by atoms with Crippen molar-refractivity contribution in [3.63, 3.8) is 0 Å². The van der Waals surface area contributed by atoms with Crippen molar-refractivity contribution < 1.29 is 14.3 Å². The number of esters is 1. The first-order valence-corrected chi connectivity index (χ1v) is 15.1. The summed E-state index contributed by atoms with van der Waals surface area (Å²) in [4.78, 5) is 33.2. The number of benzene rings is 2. The van der Waals surface area contributed by atoms with E-state index in [1.807, 2.05) is 82.3 Å². The highest BCUT2D eigenvalue weighted by Crippen LogP contribution is 2.48. The van der Waals surface area contributed by atoms with Gasteiger partial charge < -0.3 is 15.0 Å². The molecule has 1 saturated heterocycles. The van der Waals surface area contributed by atoms with Crippen molar-refractivity contribution in [3.05, 3.63) is 82.7 Å². The molecular formula is C35H43N3O3. The molecule has 2 aliphatic rings. The zero-order valence-corrected chi connectivity index (χ0v) is 25.0. The van der Waals surface area contributed by atoms with Gasteiger partial charge in [-0.3, -0.25) is 14.6 Å². The number of aromatic nitrogens is 1. The summed E-state index contributed by atoms with van der Waals surface area (Å²) in [5, 5.41) is 3.02. The van der Waals surface area contributed by atoms with Crippen LogP contribution in [-0.2, 0) is 22.5 Å². The van der Waals surface area contributed by atoms with Gasteiger partial charge in [0.2, 0.25) is 0 Å². The van der Waals surface area contributed by atoms with Gasteiger partial charge in [-0.25, -0.2) is 0 Å². The van der Waals surface area contributed by atoms with Gasteiger partial charge in [-0.1, -0.05) is 55.3 Å². The van der Waals surface area contributed by atoms with E-state index in [0.717, 1.165) is 52.4 Å². The number of carbonyl (C=O) groups excluding carboxylic acids is 2. The Labute approximate surface area is 244 Å². The third kappa shape index (κ3) is 6.64. The number of carbonyl (C=O) groups is 2. The van der Waals surface area contributed by atoms with Crippen LogP contribution in [0.3, 0.4) is 0 Å². The first-order chi connectivity index (χ1) is 19.7. The highest BCUT2D eigenvalue weighted by atomic mass is 16.5. The topological polar surface area (TPSA) is 71.5 Å². The molecule has 0 radical (unpaired) electrons. The van der Waals surface area contributed by atoms with Crippen LogP contribution in [0, 0.1) is 19.3 Å². The minimum absolute atomic E-state index is 0.102. The second kappa shape index (κ2) is 12.5. The Balaban J connectivity index is 1.46. The van der Waals surface area contributed by atoms with E-state index in [1.54, 1.807) is 0 Å². The van der Waals surface area contributed by atoms with Crippen LogP contribution in [0.5, 0.6) is 0 Å². The van der Waals surface area contributed by atoms with Gasteiger partial charge in [0.1, 0.15) is 0 Å². The minimum atomic E-state index is -0.226. The Morgan fingerprint density at radius 1 is 0.927 bits per heavy atom. The van der Waals surface area contributed by atoms with Crippen LogP contribution in [0.4, 0.5) is 5.69 Å². The molecule has 1 N–H and O–H groups in total. The molecule has 1 aromatic heterocycles. The first-order valence-electron chi connectivity index (χ1n) is 15.1. The molecule has 0 atom stereocenters. The van der Waals surface area contributed by atoms with Gasteiger partial charge in [0.25, 0.3) is 5.91 Å². The molecular weight excluding hydrogens is 510 g/mol. The molecule has 1 amide bonds. The summed E-state index contributed by atoms with van der Waals surface area (Å²) < 4.78 is 5.57. The van der Waals surface area contributed by atoms with Crippen LogP contribution in [-0.4, -0.2) is 36.1 Å². The smallest absolute Gasteiger partial charge is 0.310 e. The number of anilines is 1. The largest absolute Gasteiger partial charge is 0.463 e. The number of hydrogen-bond acceptors (Lipinski definition) is 5. The summed E-state index contributed by atoms with van der Waals surface area (Å²) in [5.74, 6) is -0.329. The van der Waals surface area contributed by atoms with Gasteiger partial charge in [-0.05, 0) is 82.1 Å². The first kappa shape index (κ1) is 28.8. The van der Waals surface area contributed by atoms with Gasteiger partial charge >= 0.3 is 5.97 Å². The lowest BCUT2D eigenvalue weighted by Gasteiger charge is -2.42. The zero-order chi connectivity index (χ0) is 29.0. The van der Waals surface area contributed by atoms with E-state index >= 15 is 0 Å². The number of pyridine rings is 1. The van der Waals surface area contributed by atoms with E-state index in [4.69, 9.17) is 9.72 Å². The monoisotopic (exact) mass is 553 g/mol. The van der Waals surface area contributed by atoms with Crippen molar-refractivity contribution in [1.29, 1.82) is 0 Å². The van der Waals surface area contributed by atoms with Crippen molar-refractivity contribution in [2.75, 3.05) is 18.0 Å². The Morgan fingerprint density at radius 3 is 2.22 bits per heavy atom. The van der Waals surface area contributed by atoms with Crippen LogP contribution < -0.4 is 10.2 Å². The number of amides is 1. The Hall–Kier alpha value is -3.67. The summed E-state index contributed by atoms with van der Waals surface area (Å²) in [7, 11) is 0. The normalized spacial score (nSPS) is 16.3. The maximum absolute atomic E-state index is 12.9. The standard InChI is InChI=1S/C35H43N3O3/c1-24(2)41-31(39)22-30-25(3)37-26(4)32(33(30)38-20-18-35(19-21-38)16-8-9-17-35)28-12-14-29(15-13-28)34(40)36-23-27-10-6-5-7-11-27/h5-7,10-15,24H,8-9,16-23H2,1-4H3,(H,36,40). The predicted molar refractivity (Wildman–Crippen MR) is 164 cm³/mol. The fourth-order valence-electron chi connectivity index (χ4n) is 6.72. The van der Waals surface area contributed by atoms with E-state index in [0.29, 0.717) is 17.5 Å². The minimum Gasteiger partial charge on any atom is -0.463 e. The number of nitrogens with zero attached hydrogens (tertiary/aromatic N) is 2. The molecule has 6 nitrogen and oxygen atoms in total. The fraction of sp³-hybridized carbons (Fsp3) is 0.457. The number of ether oxygens (including phenoxy) is 1. The number of nitrogens with one attached hydrogen (secondary N) is 1. The van der Waals surface area contributed by atoms with Crippen LogP contribution in [0.15, 0.2) is 54.6 Å². The summed E-state index contributed by atoms with van der Waals surface area (Å²) in [6.07, 6.45) is 7.76. The Morgan fingerprint density at radius 2 is 1.59 bits per heavy atom. The van der Waals surface area contributed by atoms with Gasteiger partial charge in [-0.15, -0.1) is 0 Å². The summed E-state index contributed by atoms with van der Waals surface area (Å²) in [6, 6.07) is 17.7. The number of hydrogen-bond donors (Lipinski definition) is 1. The maximum Gasteiger partial charge on any atom is 0.310 e. The highest BCUT2D eigenvalue weighted by Gasteiger charge is 2.38. The van der Waals surface area contributed by atoms with Crippen LogP contribution >= 0.6 is 0 Å². The van der Waals surface area contributed by atoms with Gasteiger partial charge in [0.05, 0.1) is 18.2 Å². The third-order valence-electron chi connectivity index (χ3n) is 8.88. The Kier molecular flexibility index (Phi) is 8.77. The molecule has 1 aliphatic heterocycles. The molecule has 216 valence electrons. The Bertz CT molecular complexity index is 1370. The summed E-state index contributed by atoms with van der Waals surface area (Å²) >= 11 is 0. The molecule has 1 saturated carbocycles. The molecule has 41 heavy (non-hydrogen) atoms. The zero-order valence-electron chi connectivity index (χ0n) is 25.0. The lowest BCUT2D eigenvalue weighted by Crippen LogP contribution is -2.40. The van der Waals surface area contributed by atoms with Gasteiger partial charge in [0, 0.05) is 47.7 Å². The molecule has 0 bridgehead atoms. The third-order valence-corrected chi connectivity index (χ3v) is 8.88. The molecule has 5 rings (SSSR count).